The van der Waals surface area contributed by atoms with E-state index in [4.69, 9.17) is 44.1 Å². The maximum atomic E-state index is 11.9. The number of rotatable bonds is 5. The number of hydrogen-bond acceptors (Lipinski definition) is 8. The van der Waals surface area contributed by atoms with Crippen molar-refractivity contribution in [2.24, 2.45) is 0 Å². The Kier molecular flexibility index (Phi) is 9.05. The second-order valence-electron chi connectivity index (χ2n) is 7.17. The van der Waals surface area contributed by atoms with Gasteiger partial charge >= 0.3 is 5.97 Å². The number of carbonyl (C=O) groups is 1. The van der Waals surface area contributed by atoms with Crippen molar-refractivity contribution >= 4 is 34.2 Å². The molecule has 0 unspecified atom stereocenters. The van der Waals surface area contributed by atoms with Gasteiger partial charge in [-0.15, -0.1) is 10.2 Å². The number of methoxy groups -OCH3 is 1. The van der Waals surface area contributed by atoms with Gasteiger partial charge in [0.25, 0.3) is 0 Å². The van der Waals surface area contributed by atoms with Crippen molar-refractivity contribution in [1.82, 2.24) is 0 Å². The molecule has 4 rings (SSSR count). The molecule has 0 radical (unpaired) electrons. The Hall–Kier alpha value is -3.44. The molecule has 0 fully saturated rings. The van der Waals surface area contributed by atoms with Crippen LogP contribution < -0.4 is 33.7 Å². The van der Waals surface area contributed by atoms with Crippen molar-refractivity contribution in [2.75, 3.05) is 13.7 Å². The van der Waals surface area contributed by atoms with E-state index >= 15 is 0 Å². The fraction of sp³-hybridized carbons (Fsp3) is 0.120. The van der Waals surface area contributed by atoms with E-state index in [-0.39, 0.29) is 5.97 Å². The summed E-state index contributed by atoms with van der Waals surface area (Å²) >= 11 is 6.40. The van der Waals surface area contributed by atoms with E-state index in [0.717, 1.165) is 22.0 Å². The van der Waals surface area contributed by atoms with Gasteiger partial charge in [0.15, 0.2) is 0 Å². The van der Waals surface area contributed by atoms with Crippen LogP contribution in [-0.4, -0.2) is 19.7 Å². The van der Waals surface area contributed by atoms with E-state index in [9.17, 15) is 4.79 Å². The number of fused-ring (bicyclic) bond motifs is 1. The molecular weight excluding hydrogens is 513 g/mol. The topological polar surface area (TPSA) is 155 Å². The van der Waals surface area contributed by atoms with Gasteiger partial charge in [-0.05, 0) is 49.4 Å². The highest BCUT2D eigenvalue weighted by Gasteiger charge is 2.13. The summed E-state index contributed by atoms with van der Waals surface area (Å²) in [5, 5.41) is 2.27. The zero-order chi connectivity index (χ0) is 26.3. The smallest absolute Gasteiger partial charge is 0.338 e. The standard InChI is InChI=1S/C25H20ClNO4.ClHO4/c1-3-30-25(28)16-8-10-17(11-9-16)27-22-15-24(19-6-4-5-7-21(19)26)31-23-13-12-18(29-2)14-20(22)23;2-1(3,4)5/h4-15H,3H2,1-2H3;(H,2,3,4,5). The Balaban J connectivity index is 0.000000658. The van der Waals surface area contributed by atoms with Crippen LogP contribution in [0.3, 0.4) is 0 Å². The lowest BCUT2D eigenvalue weighted by atomic mass is 10.1. The van der Waals surface area contributed by atoms with Gasteiger partial charge in [0.2, 0.25) is 11.0 Å². The van der Waals surface area contributed by atoms with E-state index in [1.165, 1.54) is 0 Å². The molecule has 0 amide bonds. The summed E-state index contributed by atoms with van der Waals surface area (Å²) in [5.41, 5.74) is 2.79. The zero-order valence-electron chi connectivity index (χ0n) is 19.2. The van der Waals surface area contributed by atoms with E-state index in [0.29, 0.717) is 34.3 Å². The van der Waals surface area contributed by atoms with Crippen LogP contribution in [0.4, 0.5) is 5.69 Å². The number of nitrogens with one attached hydrogen (secondary N) is 1. The molecule has 3 aromatic carbocycles. The summed E-state index contributed by atoms with van der Waals surface area (Å²) in [4.78, 5) is 15.3. The minimum absolute atomic E-state index is 0.338. The molecule has 0 aliphatic heterocycles. The van der Waals surface area contributed by atoms with E-state index in [1.807, 2.05) is 60.7 Å². The molecule has 4 aromatic rings. The van der Waals surface area contributed by atoms with Gasteiger partial charge in [0.05, 0.1) is 35.8 Å². The molecule has 0 saturated carbocycles. The molecule has 0 bridgehead atoms. The lowest BCUT2D eigenvalue weighted by Crippen LogP contribution is -2.70. The average molecular weight is 534 g/mol. The van der Waals surface area contributed by atoms with Crippen molar-refractivity contribution in [1.29, 1.82) is 0 Å². The highest BCUT2D eigenvalue weighted by Crippen LogP contribution is 2.29. The van der Waals surface area contributed by atoms with Crippen LogP contribution in [0.15, 0.2) is 77.2 Å². The Bertz CT molecular complexity index is 1410. The van der Waals surface area contributed by atoms with Crippen LogP contribution in [0, 0.1) is 10.2 Å². The zero-order valence-corrected chi connectivity index (χ0v) is 20.7. The van der Waals surface area contributed by atoms with E-state index < -0.39 is 10.2 Å². The minimum Gasteiger partial charge on any atom is -0.497 e. The van der Waals surface area contributed by atoms with Crippen LogP contribution in [0.2, 0.25) is 5.02 Å². The molecule has 9 nitrogen and oxygen atoms in total. The molecule has 11 heteroatoms. The quantitative estimate of drug-likeness (QED) is 0.336. The van der Waals surface area contributed by atoms with Crippen LogP contribution in [-0.2, 0) is 4.74 Å². The molecule has 0 spiro atoms. The molecular formula is C25H21Cl2NO8. The summed E-state index contributed by atoms with van der Waals surface area (Å²) in [6.07, 6.45) is 0. The molecule has 1 N–H and O–H groups in total. The normalized spacial score (nSPS) is 11.6. The van der Waals surface area contributed by atoms with Gasteiger partial charge < -0.3 is 13.9 Å². The number of benzene rings is 3. The monoisotopic (exact) mass is 533 g/mol. The summed E-state index contributed by atoms with van der Waals surface area (Å²) in [5.74, 6) is 1.01. The fourth-order valence-electron chi connectivity index (χ4n) is 3.25. The van der Waals surface area contributed by atoms with Gasteiger partial charge in [-0.25, -0.2) is 28.4 Å². The predicted molar refractivity (Wildman–Crippen MR) is 119 cm³/mol. The summed E-state index contributed by atoms with van der Waals surface area (Å²) in [7, 11) is -3.32. The van der Waals surface area contributed by atoms with Crippen LogP contribution >= 0.6 is 11.6 Å². The third kappa shape index (κ3) is 7.53. The predicted octanol–water partition coefficient (Wildman–Crippen LogP) is -0.504. The Morgan fingerprint density at radius 1 is 1.00 bits per heavy atom. The maximum Gasteiger partial charge on any atom is 0.338 e. The lowest BCUT2D eigenvalue weighted by molar-refractivity contribution is -2.00. The first kappa shape index (κ1) is 27.2. The molecule has 188 valence electrons. The number of carbonyl (C=O) groups excluding carboxylic acids is 1. The molecule has 0 atom stereocenters. The average Bonchev–Trinajstić information content (AvgIpc) is 2.83. The van der Waals surface area contributed by atoms with Crippen molar-refractivity contribution in [3.8, 4) is 17.1 Å². The number of hydrogen-bond donors (Lipinski definition) is 1. The third-order valence-electron chi connectivity index (χ3n) is 4.79. The third-order valence-corrected chi connectivity index (χ3v) is 5.12. The highest BCUT2D eigenvalue weighted by molar-refractivity contribution is 6.33. The van der Waals surface area contributed by atoms with Crippen molar-refractivity contribution in [3.05, 3.63) is 88.7 Å². The van der Waals surface area contributed by atoms with Gasteiger partial charge in [-0.3, -0.25) is 0 Å². The summed E-state index contributed by atoms with van der Waals surface area (Å²) in [6, 6.07) is 22.2. The van der Waals surface area contributed by atoms with Crippen molar-refractivity contribution in [2.45, 2.75) is 6.92 Å². The van der Waals surface area contributed by atoms with Crippen LogP contribution in [0.25, 0.3) is 22.3 Å². The van der Waals surface area contributed by atoms with E-state index in [2.05, 4.69) is 4.99 Å². The molecule has 1 aromatic heterocycles. The molecule has 0 aliphatic rings. The van der Waals surface area contributed by atoms with Gasteiger partial charge in [-0.2, -0.15) is 0 Å². The second kappa shape index (κ2) is 12.0. The number of esters is 1. The Labute approximate surface area is 213 Å². The first-order valence-corrected chi connectivity index (χ1v) is 12.1. The Morgan fingerprint density at radius 3 is 2.28 bits per heavy atom. The van der Waals surface area contributed by atoms with Crippen LogP contribution in [0.1, 0.15) is 17.3 Å². The van der Waals surface area contributed by atoms with Gasteiger partial charge in [0.1, 0.15) is 17.1 Å². The lowest BCUT2D eigenvalue weighted by Gasteiger charge is -2.17. The Morgan fingerprint density at radius 2 is 1.67 bits per heavy atom. The molecule has 1 heterocycles. The summed E-state index contributed by atoms with van der Waals surface area (Å²) in [6.45, 7) is 2.12. The van der Waals surface area contributed by atoms with Crippen molar-refractivity contribution in [3.63, 3.8) is 0 Å². The molecule has 0 saturated heterocycles. The highest BCUT2D eigenvalue weighted by atomic mass is 35.7. The molecule has 0 aliphatic carbocycles. The minimum atomic E-state index is -4.94. The van der Waals surface area contributed by atoms with Crippen molar-refractivity contribution < 1.29 is 52.6 Å². The summed E-state index contributed by atoms with van der Waals surface area (Å²) < 4.78 is 50.5. The largest absolute Gasteiger partial charge is 0.497 e. The van der Waals surface area contributed by atoms with Gasteiger partial charge in [-0.1, -0.05) is 23.7 Å². The second-order valence-corrected chi connectivity index (χ2v) is 8.33. The number of halogens is 2. The first-order chi connectivity index (χ1) is 17.1. The van der Waals surface area contributed by atoms with E-state index in [1.54, 1.807) is 26.2 Å². The maximum absolute atomic E-state index is 11.9. The number of ether oxygens (including phenoxy) is 2. The molecule has 36 heavy (non-hydrogen) atoms. The fourth-order valence-corrected chi connectivity index (χ4v) is 3.48. The van der Waals surface area contributed by atoms with Crippen LogP contribution in [0.5, 0.6) is 5.75 Å². The first-order valence-electron chi connectivity index (χ1n) is 10.4. The van der Waals surface area contributed by atoms with Gasteiger partial charge in [0, 0.05) is 17.7 Å². The SMILES string of the molecule is CCOC(=O)c1ccc([NH+]=c2cc(-c3ccccc3Cl)oc3ccc(OC)cc23)cc1.[O-][Cl+3]([O-])([O-])[O-].